The van der Waals surface area contributed by atoms with E-state index < -0.39 is 16.6 Å². The minimum absolute atomic E-state index is 0.0400. The molecular weight excluding hydrogens is 412 g/mol. The Hall–Kier alpha value is -1.65. The fourth-order valence-electron chi connectivity index (χ4n) is 3.79. The molecule has 0 unspecified atom stereocenters. The molecule has 0 heterocycles. The molecule has 2 nitrogen and oxygen atoms in total. The Balaban J connectivity index is 2.34. The molecule has 0 aliphatic heterocycles. The molecule has 2 aromatic rings. The standard InChI is InChI=1S/C27H40O2Si2/c1-10-23(29-30(8,9)26(2,3)4)21-22-28-31(27(5,6)7,24-17-13-11-14-18-24)25-19-15-12-16-20-25/h1,11-20,23H,21-22H2,2-9H3/t23-/m0/s1. The number of rotatable bonds is 8. The Bertz CT molecular complexity index is 817. The first-order valence-corrected chi connectivity index (χ1v) is 16.1. The highest BCUT2D eigenvalue weighted by Gasteiger charge is 2.50. The first-order valence-electron chi connectivity index (χ1n) is 11.2. The zero-order valence-corrected chi connectivity index (χ0v) is 22.7. The summed E-state index contributed by atoms with van der Waals surface area (Å²) in [6.45, 7) is 18.7. The first kappa shape index (κ1) is 25.6. The van der Waals surface area contributed by atoms with Gasteiger partial charge < -0.3 is 8.85 Å². The topological polar surface area (TPSA) is 18.5 Å². The molecule has 0 bridgehead atoms. The van der Waals surface area contributed by atoms with Crippen LogP contribution < -0.4 is 10.4 Å². The van der Waals surface area contributed by atoms with Crippen molar-refractivity contribution in [2.45, 2.75) is 77.2 Å². The van der Waals surface area contributed by atoms with Gasteiger partial charge in [0.15, 0.2) is 8.32 Å². The minimum atomic E-state index is -2.54. The van der Waals surface area contributed by atoms with Gasteiger partial charge in [0.2, 0.25) is 0 Å². The molecular formula is C27H40O2Si2. The highest BCUT2D eigenvalue weighted by atomic mass is 28.4. The molecule has 4 heteroatoms. The van der Waals surface area contributed by atoms with Crippen molar-refractivity contribution in [3.05, 3.63) is 60.7 Å². The molecule has 0 fully saturated rings. The summed E-state index contributed by atoms with van der Waals surface area (Å²) < 4.78 is 13.5. The Morgan fingerprint density at radius 1 is 0.806 bits per heavy atom. The Labute approximate surface area is 192 Å². The van der Waals surface area contributed by atoms with Crippen molar-refractivity contribution in [2.75, 3.05) is 6.61 Å². The first-order chi connectivity index (χ1) is 14.3. The summed E-state index contributed by atoms with van der Waals surface area (Å²) in [4.78, 5) is 0. The molecule has 0 saturated carbocycles. The maximum Gasteiger partial charge on any atom is 0.261 e. The van der Waals surface area contributed by atoms with Gasteiger partial charge in [-0.3, -0.25) is 0 Å². The second kappa shape index (κ2) is 9.87. The van der Waals surface area contributed by atoms with Gasteiger partial charge in [0.05, 0.1) is 0 Å². The molecule has 168 valence electrons. The van der Waals surface area contributed by atoms with Crippen LogP contribution in [0.5, 0.6) is 0 Å². The average Bonchev–Trinajstić information content (AvgIpc) is 2.69. The van der Waals surface area contributed by atoms with Crippen molar-refractivity contribution in [1.82, 2.24) is 0 Å². The third-order valence-corrected chi connectivity index (χ3v) is 16.1. The van der Waals surface area contributed by atoms with Gasteiger partial charge in [0.25, 0.3) is 8.32 Å². The van der Waals surface area contributed by atoms with Gasteiger partial charge >= 0.3 is 0 Å². The molecule has 1 atom stereocenters. The van der Waals surface area contributed by atoms with E-state index in [1.54, 1.807) is 0 Å². The Morgan fingerprint density at radius 3 is 1.61 bits per heavy atom. The lowest BCUT2D eigenvalue weighted by Gasteiger charge is -2.43. The molecule has 0 N–H and O–H groups in total. The van der Waals surface area contributed by atoms with Gasteiger partial charge in [-0.1, -0.05) is 108 Å². The van der Waals surface area contributed by atoms with Gasteiger partial charge in [-0.15, -0.1) is 6.42 Å². The van der Waals surface area contributed by atoms with E-state index in [0.29, 0.717) is 13.0 Å². The summed E-state index contributed by atoms with van der Waals surface area (Å²) >= 11 is 0. The van der Waals surface area contributed by atoms with Gasteiger partial charge in [0, 0.05) is 13.0 Å². The van der Waals surface area contributed by atoms with Gasteiger partial charge in [-0.25, -0.2) is 0 Å². The second-order valence-corrected chi connectivity index (χ2v) is 19.9. The van der Waals surface area contributed by atoms with Crippen molar-refractivity contribution < 1.29 is 8.85 Å². The van der Waals surface area contributed by atoms with E-state index in [2.05, 4.69) is 121 Å². The third kappa shape index (κ3) is 5.78. The Morgan fingerprint density at radius 2 is 1.26 bits per heavy atom. The van der Waals surface area contributed by atoms with Crippen molar-refractivity contribution in [1.29, 1.82) is 0 Å². The fraction of sp³-hybridized carbons (Fsp3) is 0.481. The van der Waals surface area contributed by atoms with E-state index >= 15 is 0 Å². The number of hydrogen-bond donors (Lipinski definition) is 0. The second-order valence-electron chi connectivity index (χ2n) is 10.8. The summed E-state index contributed by atoms with van der Waals surface area (Å²) in [6, 6.07) is 21.4. The fourth-order valence-corrected chi connectivity index (χ4v) is 9.62. The van der Waals surface area contributed by atoms with Gasteiger partial charge in [0.1, 0.15) is 6.10 Å². The SMILES string of the molecule is C#C[C@@H](CCO[Si](c1ccccc1)(c1ccccc1)C(C)(C)C)O[Si](C)(C)C(C)(C)C. The monoisotopic (exact) mass is 452 g/mol. The predicted octanol–water partition coefficient (Wildman–Crippen LogP) is 5.98. The lowest BCUT2D eigenvalue weighted by atomic mass is 10.2. The van der Waals surface area contributed by atoms with Crippen LogP contribution in [0.4, 0.5) is 0 Å². The van der Waals surface area contributed by atoms with E-state index in [4.69, 9.17) is 15.3 Å². The summed E-state index contributed by atoms with van der Waals surface area (Å²) in [5.41, 5.74) is 0. The maximum atomic E-state index is 6.98. The van der Waals surface area contributed by atoms with Crippen LogP contribution in [0, 0.1) is 12.3 Å². The summed E-state index contributed by atoms with van der Waals surface area (Å²) in [7, 11) is -4.47. The molecule has 2 aromatic carbocycles. The van der Waals surface area contributed by atoms with Crippen LogP contribution in [0.25, 0.3) is 0 Å². The van der Waals surface area contributed by atoms with Crippen LogP contribution >= 0.6 is 0 Å². The summed E-state index contributed by atoms with van der Waals surface area (Å²) in [5, 5.41) is 2.66. The van der Waals surface area contributed by atoms with Crippen LogP contribution in [0.2, 0.25) is 23.2 Å². The van der Waals surface area contributed by atoms with Crippen molar-refractivity contribution in [3.63, 3.8) is 0 Å². The lowest BCUT2D eigenvalue weighted by molar-refractivity contribution is 0.185. The predicted molar refractivity (Wildman–Crippen MR) is 139 cm³/mol. The molecule has 31 heavy (non-hydrogen) atoms. The van der Waals surface area contributed by atoms with Crippen molar-refractivity contribution in [2.24, 2.45) is 0 Å². The molecule has 2 rings (SSSR count). The maximum absolute atomic E-state index is 6.98. The highest BCUT2D eigenvalue weighted by Crippen LogP contribution is 2.38. The van der Waals surface area contributed by atoms with Crippen molar-refractivity contribution in [3.8, 4) is 12.3 Å². The van der Waals surface area contributed by atoms with E-state index in [1.807, 2.05) is 0 Å². The molecule has 0 aliphatic rings. The average molecular weight is 453 g/mol. The number of hydrogen-bond acceptors (Lipinski definition) is 2. The van der Waals surface area contributed by atoms with Gasteiger partial charge in [-0.2, -0.15) is 0 Å². The third-order valence-electron chi connectivity index (χ3n) is 6.54. The van der Waals surface area contributed by atoms with E-state index in [-0.39, 0.29) is 16.2 Å². The van der Waals surface area contributed by atoms with E-state index in [9.17, 15) is 0 Å². The Kier molecular flexibility index (Phi) is 8.16. The number of terminal acetylenes is 1. The molecule has 0 aromatic heterocycles. The molecule has 0 aliphatic carbocycles. The van der Waals surface area contributed by atoms with Crippen molar-refractivity contribution >= 4 is 27.0 Å². The van der Waals surface area contributed by atoms with Crippen LogP contribution in [0.15, 0.2) is 60.7 Å². The molecule has 0 amide bonds. The zero-order chi connectivity index (χ0) is 23.3. The summed E-state index contributed by atoms with van der Waals surface area (Å²) in [5.74, 6) is 2.88. The molecule has 0 spiro atoms. The molecule has 0 radical (unpaired) electrons. The number of benzene rings is 2. The van der Waals surface area contributed by atoms with Crippen LogP contribution in [0.1, 0.15) is 48.0 Å². The largest absolute Gasteiger partial charge is 0.407 e. The van der Waals surface area contributed by atoms with Crippen LogP contribution in [-0.2, 0) is 8.85 Å². The summed E-state index contributed by atoms with van der Waals surface area (Å²) in [6.07, 6.45) is 6.36. The highest BCUT2D eigenvalue weighted by molar-refractivity contribution is 6.99. The van der Waals surface area contributed by atoms with Crippen LogP contribution in [-0.4, -0.2) is 29.3 Å². The van der Waals surface area contributed by atoms with Gasteiger partial charge in [-0.05, 0) is 33.5 Å². The smallest absolute Gasteiger partial charge is 0.261 e. The normalized spacial score (nSPS) is 14.2. The van der Waals surface area contributed by atoms with Crippen LogP contribution in [0.3, 0.4) is 0 Å². The van der Waals surface area contributed by atoms with E-state index in [0.717, 1.165) is 0 Å². The van der Waals surface area contributed by atoms with E-state index in [1.165, 1.54) is 10.4 Å². The minimum Gasteiger partial charge on any atom is -0.407 e. The molecule has 0 saturated heterocycles. The lowest BCUT2D eigenvalue weighted by Crippen LogP contribution is -2.66. The zero-order valence-electron chi connectivity index (χ0n) is 20.7. The quantitative estimate of drug-likeness (QED) is 0.362.